The van der Waals surface area contributed by atoms with Gasteiger partial charge in [-0.05, 0) is 51.3 Å². The Kier molecular flexibility index (Phi) is 8.43. The first-order valence-corrected chi connectivity index (χ1v) is 9.64. The van der Waals surface area contributed by atoms with Gasteiger partial charge in [0.05, 0.1) is 12.4 Å². The van der Waals surface area contributed by atoms with Crippen molar-refractivity contribution in [2.75, 3.05) is 6.54 Å². The molecule has 1 N–H and O–H groups in total. The Hall–Kier alpha value is -1.55. The van der Waals surface area contributed by atoms with Gasteiger partial charge in [-0.3, -0.25) is 0 Å². The fourth-order valence-electron chi connectivity index (χ4n) is 2.73. The van der Waals surface area contributed by atoms with Crippen LogP contribution < -0.4 is 5.32 Å². The van der Waals surface area contributed by atoms with Crippen molar-refractivity contribution in [2.45, 2.75) is 46.2 Å². The lowest BCUT2D eigenvalue weighted by molar-refractivity contribution is 0.483. The third-order valence-electron chi connectivity index (χ3n) is 4.20. The van der Waals surface area contributed by atoms with Crippen LogP contribution in [0.1, 0.15) is 45.2 Å². The highest BCUT2D eigenvalue weighted by Crippen LogP contribution is 2.27. The zero-order valence-electron chi connectivity index (χ0n) is 15.7. The minimum atomic E-state index is 0.0794. The quantitative estimate of drug-likeness (QED) is 0.514. The molecule has 1 heterocycles. The van der Waals surface area contributed by atoms with Gasteiger partial charge in [0.15, 0.2) is 0 Å². The highest BCUT2D eigenvalue weighted by atomic mass is 35.5. The summed E-state index contributed by atoms with van der Waals surface area (Å²) in [4.78, 5) is 4.13. The number of halogens is 2. The SMILES string of the molecule is CC(C)=CCCC(C)=CCNC(Cn1ccnc1)c1ccc(Cl)cc1Cl. The molecule has 0 amide bonds. The lowest BCUT2D eigenvalue weighted by Crippen LogP contribution is -2.26. The van der Waals surface area contributed by atoms with E-state index in [4.69, 9.17) is 23.2 Å². The lowest BCUT2D eigenvalue weighted by Gasteiger charge is -2.20. The Balaban J connectivity index is 2.03. The van der Waals surface area contributed by atoms with E-state index >= 15 is 0 Å². The number of hydrogen-bond acceptors (Lipinski definition) is 2. The van der Waals surface area contributed by atoms with E-state index in [-0.39, 0.29) is 6.04 Å². The summed E-state index contributed by atoms with van der Waals surface area (Å²) in [6.07, 6.45) is 12.3. The van der Waals surface area contributed by atoms with Crippen molar-refractivity contribution in [3.8, 4) is 0 Å². The average Bonchev–Trinajstić information content (AvgIpc) is 3.07. The van der Waals surface area contributed by atoms with Crippen molar-refractivity contribution in [1.82, 2.24) is 14.9 Å². The lowest BCUT2D eigenvalue weighted by atomic mass is 10.1. The number of aromatic nitrogens is 2. The topological polar surface area (TPSA) is 29.9 Å². The van der Waals surface area contributed by atoms with E-state index in [9.17, 15) is 0 Å². The van der Waals surface area contributed by atoms with Gasteiger partial charge in [0.1, 0.15) is 0 Å². The molecule has 1 aromatic carbocycles. The molecule has 1 aromatic heterocycles. The highest BCUT2D eigenvalue weighted by molar-refractivity contribution is 6.35. The maximum atomic E-state index is 6.43. The van der Waals surface area contributed by atoms with Gasteiger partial charge in [0.25, 0.3) is 0 Å². The molecule has 26 heavy (non-hydrogen) atoms. The molecular formula is C21H27Cl2N3. The highest BCUT2D eigenvalue weighted by Gasteiger charge is 2.15. The summed E-state index contributed by atoms with van der Waals surface area (Å²) in [5, 5.41) is 4.93. The number of allylic oxidation sites excluding steroid dienone is 3. The predicted octanol–water partition coefficient (Wildman–Crippen LogP) is 6.21. The minimum absolute atomic E-state index is 0.0794. The molecule has 0 saturated carbocycles. The number of benzene rings is 1. The molecule has 1 atom stereocenters. The molecular weight excluding hydrogens is 365 g/mol. The summed E-state index contributed by atoms with van der Waals surface area (Å²) >= 11 is 12.5. The third-order valence-corrected chi connectivity index (χ3v) is 4.76. The predicted molar refractivity (Wildman–Crippen MR) is 112 cm³/mol. The molecule has 2 aromatic rings. The maximum Gasteiger partial charge on any atom is 0.0946 e. The Morgan fingerprint density at radius 2 is 2.04 bits per heavy atom. The van der Waals surface area contributed by atoms with Gasteiger partial charge in [-0.15, -0.1) is 0 Å². The van der Waals surface area contributed by atoms with E-state index in [0.717, 1.165) is 31.5 Å². The van der Waals surface area contributed by atoms with Crippen LogP contribution in [0.4, 0.5) is 0 Å². The summed E-state index contributed by atoms with van der Waals surface area (Å²) in [7, 11) is 0. The molecule has 3 nitrogen and oxygen atoms in total. The Labute approximate surface area is 166 Å². The van der Waals surface area contributed by atoms with Crippen molar-refractivity contribution in [3.05, 3.63) is 75.8 Å². The molecule has 0 spiro atoms. The summed E-state index contributed by atoms with van der Waals surface area (Å²) in [5.41, 5.74) is 3.80. The second-order valence-corrected chi connectivity index (χ2v) is 7.60. The van der Waals surface area contributed by atoms with E-state index in [2.05, 4.69) is 43.2 Å². The first-order chi connectivity index (χ1) is 12.5. The zero-order chi connectivity index (χ0) is 18.9. The van der Waals surface area contributed by atoms with Crippen LogP contribution in [0.25, 0.3) is 0 Å². The van der Waals surface area contributed by atoms with Crippen LogP contribution in [0, 0.1) is 0 Å². The van der Waals surface area contributed by atoms with Crippen molar-refractivity contribution in [2.24, 2.45) is 0 Å². The first kappa shape index (κ1) is 20.8. The van der Waals surface area contributed by atoms with Crippen LogP contribution in [-0.4, -0.2) is 16.1 Å². The van der Waals surface area contributed by atoms with E-state index in [1.807, 2.05) is 29.2 Å². The van der Waals surface area contributed by atoms with Crippen molar-refractivity contribution in [3.63, 3.8) is 0 Å². The number of hydrogen-bond donors (Lipinski definition) is 1. The van der Waals surface area contributed by atoms with Crippen molar-refractivity contribution < 1.29 is 0 Å². The summed E-state index contributed by atoms with van der Waals surface area (Å²) < 4.78 is 2.05. The van der Waals surface area contributed by atoms with Gasteiger partial charge in [0, 0.05) is 35.5 Å². The summed E-state index contributed by atoms with van der Waals surface area (Å²) in [6, 6.07) is 5.74. The van der Waals surface area contributed by atoms with E-state index in [1.54, 1.807) is 12.3 Å². The molecule has 0 aliphatic carbocycles. The van der Waals surface area contributed by atoms with Gasteiger partial charge in [-0.25, -0.2) is 4.98 Å². The van der Waals surface area contributed by atoms with E-state index < -0.39 is 0 Å². The van der Waals surface area contributed by atoms with Crippen LogP contribution in [0.5, 0.6) is 0 Å². The van der Waals surface area contributed by atoms with Gasteiger partial charge in [-0.2, -0.15) is 0 Å². The molecule has 0 aliphatic heterocycles. The minimum Gasteiger partial charge on any atom is -0.336 e. The molecule has 0 radical (unpaired) electrons. The van der Waals surface area contributed by atoms with Crippen molar-refractivity contribution >= 4 is 23.2 Å². The molecule has 0 aliphatic rings. The van der Waals surface area contributed by atoms with Gasteiger partial charge >= 0.3 is 0 Å². The zero-order valence-corrected chi connectivity index (χ0v) is 17.2. The summed E-state index contributed by atoms with van der Waals surface area (Å²) in [6.45, 7) is 8.00. The largest absolute Gasteiger partial charge is 0.336 e. The smallest absolute Gasteiger partial charge is 0.0946 e. The Bertz CT molecular complexity index is 745. The fraction of sp³-hybridized carbons (Fsp3) is 0.381. The second-order valence-electron chi connectivity index (χ2n) is 6.76. The fourth-order valence-corrected chi connectivity index (χ4v) is 3.27. The van der Waals surface area contributed by atoms with Crippen LogP contribution in [0.3, 0.4) is 0 Å². The number of rotatable bonds is 9. The second kappa shape index (κ2) is 10.6. The first-order valence-electron chi connectivity index (χ1n) is 8.88. The van der Waals surface area contributed by atoms with Gasteiger partial charge in [0.2, 0.25) is 0 Å². The number of nitrogens with one attached hydrogen (secondary N) is 1. The molecule has 2 rings (SSSR count). The number of imidazole rings is 1. The maximum absolute atomic E-state index is 6.43. The normalized spacial score (nSPS) is 12.9. The molecule has 0 fully saturated rings. The standard InChI is InChI=1S/C21H27Cl2N3/c1-16(2)5-4-6-17(3)9-10-25-21(14-26-12-11-24-15-26)19-8-7-18(22)13-20(19)23/h5,7-9,11-13,15,21,25H,4,6,10,14H2,1-3H3. The van der Waals surface area contributed by atoms with E-state index in [0.29, 0.717) is 10.0 Å². The molecule has 0 bridgehead atoms. The average molecular weight is 392 g/mol. The van der Waals surface area contributed by atoms with Crippen LogP contribution >= 0.6 is 23.2 Å². The summed E-state index contributed by atoms with van der Waals surface area (Å²) in [5.74, 6) is 0. The number of nitrogens with zero attached hydrogens (tertiary/aromatic N) is 2. The molecule has 0 saturated heterocycles. The molecule has 140 valence electrons. The Morgan fingerprint density at radius 3 is 2.69 bits per heavy atom. The van der Waals surface area contributed by atoms with Gasteiger partial charge < -0.3 is 9.88 Å². The third kappa shape index (κ3) is 6.99. The van der Waals surface area contributed by atoms with Gasteiger partial charge in [-0.1, -0.05) is 52.6 Å². The molecule has 5 heteroatoms. The molecule has 1 unspecified atom stereocenters. The van der Waals surface area contributed by atoms with Crippen LogP contribution in [-0.2, 0) is 6.54 Å². The van der Waals surface area contributed by atoms with E-state index in [1.165, 1.54) is 11.1 Å². The monoisotopic (exact) mass is 391 g/mol. The Morgan fingerprint density at radius 1 is 1.23 bits per heavy atom. The van der Waals surface area contributed by atoms with Crippen LogP contribution in [0.2, 0.25) is 10.0 Å². The van der Waals surface area contributed by atoms with Crippen LogP contribution in [0.15, 0.2) is 60.2 Å². The van der Waals surface area contributed by atoms with Crippen molar-refractivity contribution in [1.29, 1.82) is 0 Å².